The minimum absolute atomic E-state index is 0.646. The lowest BCUT2D eigenvalue weighted by Gasteiger charge is -2.12. The molecule has 0 spiro atoms. The van der Waals surface area contributed by atoms with Crippen molar-refractivity contribution in [1.82, 2.24) is 0 Å². The molecule has 1 rings (SSSR count). The van der Waals surface area contributed by atoms with Gasteiger partial charge in [0.25, 0.3) is 0 Å². The molecule has 4 heteroatoms. The maximum atomic E-state index is 5.66. The van der Waals surface area contributed by atoms with E-state index in [1.54, 1.807) is 0 Å². The zero-order chi connectivity index (χ0) is 9.84. The Morgan fingerprint density at radius 2 is 1.92 bits per heavy atom. The second kappa shape index (κ2) is 4.67. The summed E-state index contributed by atoms with van der Waals surface area (Å²) in [7, 11) is 0. The van der Waals surface area contributed by atoms with Crippen LogP contribution in [0.5, 0.6) is 0 Å². The minimum Gasteiger partial charge on any atom is -0.396 e. The summed E-state index contributed by atoms with van der Waals surface area (Å²) in [6.07, 6.45) is 3.61. The topological polar surface area (TPSA) is 38.0 Å². The Labute approximate surface area is 88.8 Å². The normalized spacial score (nSPS) is 10.5. The van der Waals surface area contributed by atoms with Crippen molar-refractivity contribution >= 4 is 35.8 Å². The number of hydrogen-bond acceptors (Lipinski definition) is 4. The number of anilines is 2. The van der Waals surface area contributed by atoms with E-state index in [4.69, 9.17) is 30.2 Å². The zero-order valence-electron chi connectivity index (χ0n) is 7.72. The van der Waals surface area contributed by atoms with Gasteiger partial charge in [-0.15, -0.1) is 0 Å². The number of nitrogens with one attached hydrogen (secondary N) is 1. The molecule has 0 aliphatic rings. The molecule has 3 N–H and O–H groups in total. The molecule has 0 saturated heterocycles. The molecule has 0 aromatic heterocycles. The van der Waals surface area contributed by atoms with Gasteiger partial charge < -0.3 is 11.1 Å². The molecule has 0 amide bonds. The van der Waals surface area contributed by atoms with Gasteiger partial charge in [0.2, 0.25) is 0 Å². The molecule has 72 valence electrons. The van der Waals surface area contributed by atoms with Crippen LogP contribution in [0.25, 0.3) is 0 Å². The van der Waals surface area contributed by atoms with Crippen molar-refractivity contribution < 1.29 is 0 Å². The molecule has 0 heterocycles. The van der Waals surface area contributed by atoms with Crippen LogP contribution in [0.15, 0.2) is 0 Å². The molecule has 0 bridgehead atoms. The Hall–Kier alpha value is -0.480. The third-order valence-corrected chi connectivity index (χ3v) is 2.99. The van der Waals surface area contributed by atoms with Gasteiger partial charge in [-0.1, -0.05) is 44.2 Å². The smallest absolute Gasteiger partial charge is 0.0832 e. The van der Waals surface area contributed by atoms with E-state index in [9.17, 15) is 0 Å². The van der Waals surface area contributed by atoms with Crippen LogP contribution in [0, 0.1) is 9.02 Å². The highest BCUT2D eigenvalue weighted by Crippen LogP contribution is 2.28. The van der Waals surface area contributed by atoms with Crippen molar-refractivity contribution in [3.05, 3.63) is 9.02 Å². The zero-order valence-corrected chi connectivity index (χ0v) is 9.36. The monoisotopic (exact) mass is 214 g/mol. The van der Waals surface area contributed by atoms with Crippen LogP contribution >= 0.6 is 24.4 Å². The highest BCUT2D eigenvalue weighted by molar-refractivity contribution is 7.74. The van der Waals surface area contributed by atoms with Gasteiger partial charge in [-0.05, 0) is 6.42 Å². The molecule has 1 aromatic carbocycles. The van der Waals surface area contributed by atoms with E-state index in [0.29, 0.717) is 10.2 Å². The fourth-order valence-corrected chi connectivity index (χ4v) is 1.67. The average Bonchev–Trinajstić information content (AvgIpc) is 2.16. The number of rotatable bonds is 5. The van der Waals surface area contributed by atoms with E-state index in [0.717, 1.165) is 23.2 Å². The maximum Gasteiger partial charge on any atom is 0.0832 e. The maximum absolute atomic E-state index is 5.66. The predicted molar refractivity (Wildman–Crippen MR) is 62.9 cm³/mol. The van der Waals surface area contributed by atoms with E-state index in [-0.39, 0.29) is 0 Å². The molecule has 2 nitrogen and oxygen atoms in total. The Balaban J connectivity index is 2.39. The second-order valence-electron chi connectivity index (χ2n) is 3.08. The van der Waals surface area contributed by atoms with Crippen molar-refractivity contribution in [1.29, 1.82) is 0 Å². The average molecular weight is 214 g/mol. The Morgan fingerprint density at radius 1 is 1.23 bits per heavy atom. The Kier molecular flexibility index (Phi) is 3.81. The van der Waals surface area contributed by atoms with Crippen LogP contribution in [0.2, 0.25) is 0 Å². The first-order valence-corrected chi connectivity index (χ1v) is 5.32. The van der Waals surface area contributed by atoms with Gasteiger partial charge in [0.15, 0.2) is 0 Å². The molecule has 0 saturated carbocycles. The number of nitrogen functional groups attached to an aromatic ring is 1. The van der Waals surface area contributed by atoms with Gasteiger partial charge in [-0.25, -0.2) is 0 Å². The first-order chi connectivity index (χ1) is 6.18. The quantitative estimate of drug-likeness (QED) is 0.583. The summed E-state index contributed by atoms with van der Waals surface area (Å²) < 4.78 is 1.37. The van der Waals surface area contributed by atoms with Crippen LogP contribution in [0.3, 0.4) is 0 Å². The first kappa shape index (κ1) is 10.6. The molecule has 0 aliphatic heterocycles. The Morgan fingerprint density at radius 3 is 2.46 bits per heavy atom. The summed E-state index contributed by atoms with van der Waals surface area (Å²) in [6.45, 7) is 3.11. The molecule has 0 radical (unpaired) electrons. The largest absolute Gasteiger partial charge is 0.396 e. The van der Waals surface area contributed by atoms with Crippen LogP contribution < -0.4 is 11.1 Å². The van der Waals surface area contributed by atoms with E-state index in [2.05, 4.69) is 12.2 Å². The predicted octanol–water partition coefficient (Wildman–Crippen LogP) is 3.21. The van der Waals surface area contributed by atoms with E-state index >= 15 is 0 Å². The molecule has 13 heavy (non-hydrogen) atoms. The van der Waals surface area contributed by atoms with Crippen molar-refractivity contribution in [2.75, 3.05) is 17.6 Å². The van der Waals surface area contributed by atoms with Crippen molar-refractivity contribution in [3.63, 3.8) is 0 Å². The number of unbranched alkanes of at least 4 members (excludes halogenated alkanes) is 2. The van der Waals surface area contributed by atoms with Crippen molar-refractivity contribution in [2.45, 2.75) is 26.2 Å². The van der Waals surface area contributed by atoms with Crippen LogP contribution in [-0.4, -0.2) is 6.54 Å². The summed E-state index contributed by atoms with van der Waals surface area (Å²) in [5.41, 5.74) is 7.21. The highest BCUT2D eigenvalue weighted by atomic mass is 32.1. The van der Waals surface area contributed by atoms with Gasteiger partial charge in [-0.2, -0.15) is 0 Å². The van der Waals surface area contributed by atoms with Gasteiger partial charge in [0, 0.05) is 6.54 Å². The SMILES string of the molecule is CCCCCNc1c(N)c(=S)c1=S. The summed E-state index contributed by atoms with van der Waals surface area (Å²) in [4.78, 5) is 0. The summed E-state index contributed by atoms with van der Waals surface area (Å²) in [6, 6.07) is 0. The van der Waals surface area contributed by atoms with Crippen LogP contribution in [0.4, 0.5) is 11.4 Å². The summed E-state index contributed by atoms with van der Waals surface area (Å²) in [5.74, 6) is 0. The van der Waals surface area contributed by atoms with E-state index in [1.165, 1.54) is 12.8 Å². The molecule has 0 fully saturated rings. The Bertz CT molecular complexity index is 350. The summed E-state index contributed by atoms with van der Waals surface area (Å²) in [5, 5.41) is 3.21. The fraction of sp³-hybridized carbons (Fsp3) is 0.556. The second-order valence-corrected chi connectivity index (χ2v) is 3.90. The third kappa shape index (κ3) is 2.25. The van der Waals surface area contributed by atoms with Gasteiger partial charge >= 0.3 is 0 Å². The molecule has 0 aliphatic carbocycles. The molecule has 0 atom stereocenters. The fourth-order valence-electron chi connectivity index (χ4n) is 1.17. The van der Waals surface area contributed by atoms with Crippen LogP contribution in [0.1, 0.15) is 26.2 Å². The lowest BCUT2D eigenvalue weighted by Crippen LogP contribution is -2.08. The van der Waals surface area contributed by atoms with Crippen molar-refractivity contribution in [2.24, 2.45) is 0 Å². The lowest BCUT2D eigenvalue weighted by molar-refractivity contribution is 0.743. The molecule has 0 unspecified atom stereocenters. The van der Waals surface area contributed by atoms with Gasteiger partial charge in [-0.3, -0.25) is 0 Å². The van der Waals surface area contributed by atoms with E-state index < -0.39 is 0 Å². The molecular weight excluding hydrogens is 200 g/mol. The van der Waals surface area contributed by atoms with Gasteiger partial charge in [0.1, 0.15) is 0 Å². The highest BCUT2D eigenvalue weighted by Gasteiger charge is 2.09. The van der Waals surface area contributed by atoms with Crippen molar-refractivity contribution in [3.8, 4) is 0 Å². The van der Waals surface area contributed by atoms with E-state index in [1.807, 2.05) is 0 Å². The number of hydrogen-bond donors (Lipinski definition) is 2. The number of nitrogens with two attached hydrogens (primary N) is 1. The first-order valence-electron chi connectivity index (χ1n) is 4.51. The van der Waals surface area contributed by atoms with Gasteiger partial charge in [0.05, 0.1) is 20.4 Å². The standard InChI is InChI=1S/C9H14N2S2/c1-2-3-4-5-11-7-6(10)8(12)9(7)13/h11H,2-5,10H2,1H3. The minimum atomic E-state index is 0.646. The molecular formula is C9H14N2S2. The summed E-state index contributed by atoms with van der Waals surface area (Å²) >= 11 is 9.98. The molecule has 1 aromatic rings. The van der Waals surface area contributed by atoms with Crippen LogP contribution in [-0.2, 0) is 0 Å². The third-order valence-electron chi connectivity index (χ3n) is 2.03. The lowest BCUT2D eigenvalue weighted by atomic mass is 10.2.